The van der Waals surface area contributed by atoms with E-state index in [0.29, 0.717) is 29.0 Å². The predicted octanol–water partition coefficient (Wildman–Crippen LogP) is 4.99. The normalized spacial score (nSPS) is 49.1. The number of nitrogens with zero attached hydrogens (tertiary/aromatic N) is 1. The highest BCUT2D eigenvalue weighted by molar-refractivity contribution is 5.92. The zero-order valence-electron chi connectivity index (χ0n) is 19.3. The molecule has 1 heterocycles. The second-order valence-corrected chi connectivity index (χ2v) is 11.8. The number of hydrogen-bond acceptors (Lipinski definition) is 4. The number of Topliss-reactive ketones (excluding diaryl/α,β-unsaturated/α-hetero) is 1. The van der Waals surface area contributed by atoms with E-state index in [0.717, 1.165) is 44.7 Å². The van der Waals surface area contributed by atoms with Crippen LogP contribution < -0.4 is 0 Å². The van der Waals surface area contributed by atoms with Gasteiger partial charge >= 0.3 is 5.97 Å². The van der Waals surface area contributed by atoms with Gasteiger partial charge in [-0.1, -0.05) is 20.3 Å². The SMILES string of the molecule is CC(=O)OC1CCC2(C)C(CCC3C4CC(N5CCCCC5)C(=O)C4(C)CCC32)C1. The van der Waals surface area contributed by atoms with E-state index in [9.17, 15) is 9.59 Å². The molecule has 4 aliphatic carbocycles. The van der Waals surface area contributed by atoms with Gasteiger partial charge in [0.05, 0.1) is 6.04 Å². The monoisotopic (exact) mass is 415 g/mol. The van der Waals surface area contributed by atoms with Gasteiger partial charge < -0.3 is 4.74 Å². The first kappa shape index (κ1) is 21.0. The Morgan fingerprint density at radius 2 is 1.73 bits per heavy atom. The van der Waals surface area contributed by atoms with Crippen LogP contribution in [0.4, 0.5) is 0 Å². The Bertz CT molecular complexity index is 700. The number of ether oxygens (including phenoxy) is 1. The van der Waals surface area contributed by atoms with Crippen molar-refractivity contribution in [3.63, 3.8) is 0 Å². The highest BCUT2D eigenvalue weighted by Crippen LogP contribution is 2.65. The lowest BCUT2D eigenvalue weighted by Crippen LogP contribution is -2.54. The molecule has 5 fully saturated rings. The first-order valence-electron chi connectivity index (χ1n) is 12.8. The van der Waals surface area contributed by atoms with Gasteiger partial charge in [0.2, 0.25) is 0 Å². The minimum Gasteiger partial charge on any atom is -0.463 e. The van der Waals surface area contributed by atoms with E-state index in [-0.39, 0.29) is 23.5 Å². The van der Waals surface area contributed by atoms with Gasteiger partial charge in [-0.05, 0) is 106 Å². The summed E-state index contributed by atoms with van der Waals surface area (Å²) in [5.41, 5.74) is 0.286. The molecule has 1 aliphatic heterocycles. The molecule has 0 aromatic heterocycles. The molecule has 0 aromatic carbocycles. The second-order valence-electron chi connectivity index (χ2n) is 11.8. The Kier molecular flexibility index (Phi) is 5.31. The highest BCUT2D eigenvalue weighted by Gasteiger charge is 2.63. The molecule has 0 radical (unpaired) electrons. The molecule has 5 aliphatic rings. The van der Waals surface area contributed by atoms with Gasteiger partial charge in [-0.2, -0.15) is 0 Å². The molecule has 4 saturated carbocycles. The number of rotatable bonds is 2. The van der Waals surface area contributed by atoms with Crippen molar-refractivity contribution in [3.05, 3.63) is 0 Å². The Balaban J connectivity index is 1.35. The van der Waals surface area contributed by atoms with Crippen LogP contribution in [-0.2, 0) is 14.3 Å². The number of carbonyl (C=O) groups excluding carboxylic acids is 2. The summed E-state index contributed by atoms with van der Waals surface area (Å²) >= 11 is 0. The Morgan fingerprint density at radius 3 is 2.47 bits per heavy atom. The van der Waals surface area contributed by atoms with Crippen LogP contribution in [0.15, 0.2) is 0 Å². The molecule has 0 bridgehead atoms. The Morgan fingerprint density at radius 1 is 0.967 bits per heavy atom. The van der Waals surface area contributed by atoms with Gasteiger partial charge in [0.25, 0.3) is 0 Å². The third-order valence-electron chi connectivity index (χ3n) is 10.5. The van der Waals surface area contributed by atoms with Crippen LogP contribution in [0.25, 0.3) is 0 Å². The zero-order chi connectivity index (χ0) is 21.1. The minimum atomic E-state index is -0.126. The van der Waals surface area contributed by atoms with Crippen molar-refractivity contribution in [1.82, 2.24) is 4.90 Å². The molecule has 8 unspecified atom stereocenters. The third-order valence-corrected chi connectivity index (χ3v) is 10.5. The molecule has 5 rings (SSSR count). The number of esters is 1. The molecule has 4 nitrogen and oxygen atoms in total. The number of piperidine rings is 1. The van der Waals surface area contributed by atoms with Gasteiger partial charge in [0, 0.05) is 12.3 Å². The Labute approximate surface area is 182 Å². The fourth-order valence-electron chi connectivity index (χ4n) is 8.89. The summed E-state index contributed by atoms with van der Waals surface area (Å²) in [5.74, 6) is 3.18. The molecule has 0 N–H and O–H groups in total. The van der Waals surface area contributed by atoms with Crippen molar-refractivity contribution in [3.8, 4) is 0 Å². The van der Waals surface area contributed by atoms with E-state index in [1.54, 1.807) is 6.92 Å². The van der Waals surface area contributed by atoms with Crippen LogP contribution in [0.2, 0.25) is 0 Å². The average Bonchev–Trinajstić information content (AvgIpc) is 3.00. The maximum atomic E-state index is 13.7. The first-order chi connectivity index (χ1) is 14.3. The highest BCUT2D eigenvalue weighted by atomic mass is 16.5. The number of likely N-dealkylation sites (tertiary alicyclic amines) is 1. The van der Waals surface area contributed by atoms with Gasteiger partial charge in [-0.15, -0.1) is 0 Å². The summed E-state index contributed by atoms with van der Waals surface area (Å²) in [6.45, 7) is 8.67. The van der Waals surface area contributed by atoms with E-state index in [1.165, 1.54) is 44.9 Å². The lowest BCUT2D eigenvalue weighted by Gasteiger charge is -2.60. The van der Waals surface area contributed by atoms with E-state index >= 15 is 0 Å². The maximum Gasteiger partial charge on any atom is 0.302 e. The van der Waals surface area contributed by atoms with Crippen LogP contribution in [0.5, 0.6) is 0 Å². The summed E-state index contributed by atoms with van der Waals surface area (Å²) in [7, 11) is 0. The summed E-state index contributed by atoms with van der Waals surface area (Å²) in [6, 6.07) is 0.198. The summed E-state index contributed by atoms with van der Waals surface area (Å²) in [4.78, 5) is 27.7. The van der Waals surface area contributed by atoms with Gasteiger partial charge in [0.15, 0.2) is 5.78 Å². The summed E-state index contributed by atoms with van der Waals surface area (Å²) in [6.07, 6.45) is 13.2. The van der Waals surface area contributed by atoms with Crippen molar-refractivity contribution in [2.75, 3.05) is 13.1 Å². The number of carbonyl (C=O) groups is 2. The molecule has 30 heavy (non-hydrogen) atoms. The molecule has 0 aromatic rings. The molecule has 8 atom stereocenters. The fourth-order valence-corrected chi connectivity index (χ4v) is 8.89. The standard InChI is InChI=1S/C26H41NO3/c1-17(28)30-19-9-11-25(2)18(15-19)7-8-20-21(25)10-12-26(3)22(20)16-23(24(26)29)27-13-5-4-6-14-27/h18-23H,4-16H2,1-3H3. The fraction of sp³-hybridized carbons (Fsp3) is 0.923. The second kappa shape index (κ2) is 7.60. The first-order valence-corrected chi connectivity index (χ1v) is 12.8. The minimum absolute atomic E-state index is 0.0819. The van der Waals surface area contributed by atoms with Gasteiger partial charge in [-0.25, -0.2) is 0 Å². The molecule has 1 saturated heterocycles. The van der Waals surface area contributed by atoms with Crippen LogP contribution in [0, 0.1) is 34.5 Å². The van der Waals surface area contributed by atoms with Crippen LogP contribution in [0.3, 0.4) is 0 Å². The molecule has 4 heteroatoms. The smallest absolute Gasteiger partial charge is 0.302 e. The van der Waals surface area contributed by atoms with Crippen LogP contribution in [0.1, 0.15) is 91.4 Å². The van der Waals surface area contributed by atoms with Crippen LogP contribution >= 0.6 is 0 Å². The van der Waals surface area contributed by atoms with Crippen molar-refractivity contribution >= 4 is 11.8 Å². The molecule has 168 valence electrons. The van der Waals surface area contributed by atoms with E-state index in [1.807, 2.05) is 0 Å². The van der Waals surface area contributed by atoms with Gasteiger partial charge in [0.1, 0.15) is 6.10 Å². The quantitative estimate of drug-likeness (QED) is 0.596. The molecular formula is C26H41NO3. The lowest BCUT2D eigenvalue weighted by molar-refractivity contribution is -0.160. The lowest BCUT2D eigenvalue weighted by atomic mass is 9.45. The van der Waals surface area contributed by atoms with E-state index in [4.69, 9.17) is 4.74 Å². The number of hydrogen-bond donors (Lipinski definition) is 0. The number of fused-ring (bicyclic) bond motifs is 5. The average molecular weight is 416 g/mol. The Hall–Kier alpha value is -0.900. The maximum absolute atomic E-state index is 13.7. The van der Waals surface area contributed by atoms with E-state index in [2.05, 4.69) is 18.7 Å². The molecule has 0 spiro atoms. The van der Waals surface area contributed by atoms with E-state index < -0.39 is 0 Å². The van der Waals surface area contributed by atoms with Crippen molar-refractivity contribution in [2.24, 2.45) is 34.5 Å². The van der Waals surface area contributed by atoms with Gasteiger partial charge in [-0.3, -0.25) is 14.5 Å². The van der Waals surface area contributed by atoms with Crippen molar-refractivity contribution in [1.29, 1.82) is 0 Å². The summed E-state index contributed by atoms with van der Waals surface area (Å²) in [5, 5.41) is 0. The number of ketones is 1. The molecule has 0 amide bonds. The topological polar surface area (TPSA) is 46.6 Å². The van der Waals surface area contributed by atoms with Crippen LogP contribution in [-0.4, -0.2) is 41.9 Å². The van der Waals surface area contributed by atoms with Crippen molar-refractivity contribution in [2.45, 2.75) is 104 Å². The molecular weight excluding hydrogens is 374 g/mol. The predicted molar refractivity (Wildman–Crippen MR) is 117 cm³/mol. The third kappa shape index (κ3) is 3.19. The largest absolute Gasteiger partial charge is 0.463 e. The zero-order valence-corrected chi connectivity index (χ0v) is 19.3. The summed E-state index contributed by atoms with van der Waals surface area (Å²) < 4.78 is 5.61. The van der Waals surface area contributed by atoms with Crippen molar-refractivity contribution < 1.29 is 14.3 Å².